The van der Waals surface area contributed by atoms with Gasteiger partial charge in [-0.3, -0.25) is 9.52 Å². The smallest absolute Gasteiger partial charge is 0.301 e. The number of halogens is 1. The molecule has 0 saturated heterocycles. The molecule has 0 aliphatic rings. The molecule has 9 heteroatoms. The van der Waals surface area contributed by atoms with Gasteiger partial charge in [-0.25, -0.2) is 4.39 Å². The fourth-order valence-corrected chi connectivity index (χ4v) is 2.83. The van der Waals surface area contributed by atoms with Crippen LogP contribution in [0.1, 0.15) is 11.1 Å². The average molecular weight is 368 g/mol. The lowest BCUT2D eigenvalue weighted by atomic mass is 10.2. The van der Waals surface area contributed by atoms with Crippen LogP contribution in [0, 0.1) is 19.7 Å². The maximum Gasteiger partial charge on any atom is 0.301 e. The van der Waals surface area contributed by atoms with Crippen LogP contribution >= 0.6 is 0 Å². The Morgan fingerprint density at radius 1 is 1.16 bits per heavy atom. The fraction of sp³-hybridized carbons (Fsp3) is 0.312. The number of nitrogens with zero attached hydrogens (tertiary/aromatic N) is 2. The van der Waals surface area contributed by atoms with E-state index in [1.54, 1.807) is 19.9 Å². The van der Waals surface area contributed by atoms with E-state index >= 15 is 0 Å². The summed E-state index contributed by atoms with van der Waals surface area (Å²) in [4.78, 5) is 12.2. The first kappa shape index (κ1) is 18.9. The Balaban J connectivity index is 2.59. The van der Waals surface area contributed by atoms with E-state index in [4.69, 9.17) is 0 Å². The van der Waals surface area contributed by atoms with Crippen molar-refractivity contribution in [2.75, 3.05) is 24.1 Å². The van der Waals surface area contributed by atoms with Crippen LogP contribution in [0.15, 0.2) is 29.2 Å². The van der Waals surface area contributed by atoms with E-state index in [0.717, 1.165) is 9.87 Å². The summed E-state index contributed by atoms with van der Waals surface area (Å²) >= 11 is 0. The first-order valence-corrected chi connectivity index (χ1v) is 8.90. The molecule has 0 bridgehead atoms. The molecule has 0 atom stereocenters. The standard InChI is InChI=1S/C16H21FN4O3S/c1-10-6-7-13(12(17)8-10)18-15-11(2)16(22)21(5)9-14(15)19-25(23,24)20(3)4/h6-9,18-19H,1-5H3. The quantitative estimate of drug-likeness (QED) is 0.847. The minimum absolute atomic E-state index is 0.146. The van der Waals surface area contributed by atoms with Gasteiger partial charge in [-0.05, 0) is 31.5 Å². The molecule has 136 valence electrons. The van der Waals surface area contributed by atoms with Crippen molar-refractivity contribution in [3.63, 3.8) is 0 Å². The highest BCUT2D eigenvalue weighted by atomic mass is 32.2. The van der Waals surface area contributed by atoms with Crippen molar-refractivity contribution >= 4 is 27.3 Å². The first-order valence-electron chi connectivity index (χ1n) is 7.46. The predicted octanol–water partition coefficient (Wildman–Crippen LogP) is 2.10. The molecule has 0 fully saturated rings. The van der Waals surface area contributed by atoms with Crippen LogP contribution in [0.5, 0.6) is 0 Å². The van der Waals surface area contributed by atoms with Crippen molar-refractivity contribution in [3.05, 3.63) is 51.7 Å². The number of hydrogen-bond donors (Lipinski definition) is 2. The number of anilines is 3. The molecule has 1 aromatic carbocycles. The Kier molecular flexibility index (Phi) is 5.19. The molecule has 0 saturated carbocycles. The van der Waals surface area contributed by atoms with Gasteiger partial charge in [-0.1, -0.05) is 6.07 Å². The third-order valence-electron chi connectivity index (χ3n) is 3.71. The van der Waals surface area contributed by atoms with Gasteiger partial charge in [-0.15, -0.1) is 0 Å². The molecule has 0 amide bonds. The molecule has 0 unspecified atom stereocenters. The van der Waals surface area contributed by atoms with Crippen LogP contribution in [0.3, 0.4) is 0 Å². The zero-order valence-corrected chi connectivity index (χ0v) is 15.5. The second-order valence-corrected chi connectivity index (χ2v) is 7.84. The van der Waals surface area contributed by atoms with E-state index in [0.29, 0.717) is 0 Å². The van der Waals surface area contributed by atoms with Crippen molar-refractivity contribution in [2.45, 2.75) is 13.8 Å². The van der Waals surface area contributed by atoms with Crippen molar-refractivity contribution in [2.24, 2.45) is 7.05 Å². The molecular weight excluding hydrogens is 347 g/mol. The topological polar surface area (TPSA) is 83.4 Å². The van der Waals surface area contributed by atoms with E-state index in [1.807, 2.05) is 0 Å². The Labute approximate surface area is 146 Å². The second-order valence-electron chi connectivity index (χ2n) is 5.96. The molecule has 0 aliphatic carbocycles. The van der Waals surface area contributed by atoms with Gasteiger partial charge in [0.15, 0.2) is 0 Å². The van der Waals surface area contributed by atoms with Gasteiger partial charge >= 0.3 is 10.2 Å². The molecular formula is C16H21FN4O3S. The van der Waals surface area contributed by atoms with Crippen LogP contribution in [0.2, 0.25) is 0 Å². The average Bonchev–Trinajstić information content (AvgIpc) is 2.50. The van der Waals surface area contributed by atoms with E-state index in [1.165, 1.54) is 44.0 Å². The van der Waals surface area contributed by atoms with Crippen molar-refractivity contribution in [1.29, 1.82) is 0 Å². The third kappa shape index (κ3) is 3.99. The van der Waals surface area contributed by atoms with Gasteiger partial charge in [-0.2, -0.15) is 12.7 Å². The number of rotatable bonds is 5. The lowest BCUT2D eigenvalue weighted by Crippen LogP contribution is -2.30. The molecule has 25 heavy (non-hydrogen) atoms. The van der Waals surface area contributed by atoms with Gasteiger partial charge in [0.05, 0.1) is 17.1 Å². The summed E-state index contributed by atoms with van der Waals surface area (Å²) in [6.45, 7) is 3.30. The van der Waals surface area contributed by atoms with E-state index in [2.05, 4.69) is 10.0 Å². The summed E-state index contributed by atoms with van der Waals surface area (Å²) in [5.74, 6) is -0.499. The zero-order chi connectivity index (χ0) is 18.9. The maximum atomic E-state index is 14.2. The van der Waals surface area contributed by atoms with E-state index in [9.17, 15) is 17.6 Å². The van der Waals surface area contributed by atoms with Gasteiger partial charge in [0.2, 0.25) is 0 Å². The molecule has 0 radical (unpaired) electrons. The summed E-state index contributed by atoms with van der Waals surface area (Å²) in [6.07, 6.45) is 1.35. The number of benzene rings is 1. The predicted molar refractivity (Wildman–Crippen MR) is 97.1 cm³/mol. The molecule has 2 N–H and O–H groups in total. The maximum absolute atomic E-state index is 14.2. The normalized spacial score (nSPS) is 11.6. The lowest BCUT2D eigenvalue weighted by molar-refractivity contribution is 0.526. The van der Waals surface area contributed by atoms with Crippen molar-refractivity contribution < 1.29 is 12.8 Å². The molecule has 0 spiro atoms. The largest absolute Gasteiger partial charge is 0.351 e. The summed E-state index contributed by atoms with van der Waals surface area (Å²) in [7, 11) is 0.476. The SMILES string of the molecule is Cc1ccc(Nc2c(NS(=O)(=O)N(C)C)cn(C)c(=O)c2C)c(F)c1. The highest BCUT2D eigenvalue weighted by molar-refractivity contribution is 7.90. The van der Waals surface area contributed by atoms with Gasteiger partial charge in [0.1, 0.15) is 5.82 Å². The number of aromatic nitrogens is 1. The molecule has 2 rings (SSSR count). The van der Waals surface area contributed by atoms with Crippen LogP contribution in [0.4, 0.5) is 21.5 Å². The van der Waals surface area contributed by atoms with Crippen LogP contribution in [0.25, 0.3) is 0 Å². The Hall–Kier alpha value is -2.39. The molecule has 2 aromatic rings. The summed E-state index contributed by atoms with van der Waals surface area (Å²) in [5.41, 5.74) is 1.19. The lowest BCUT2D eigenvalue weighted by Gasteiger charge is -2.19. The van der Waals surface area contributed by atoms with Gasteiger partial charge < -0.3 is 9.88 Å². The zero-order valence-electron chi connectivity index (χ0n) is 14.7. The number of hydrogen-bond acceptors (Lipinski definition) is 4. The highest BCUT2D eigenvalue weighted by Crippen LogP contribution is 2.29. The minimum Gasteiger partial charge on any atom is -0.351 e. The summed E-state index contributed by atoms with van der Waals surface area (Å²) in [6, 6.07) is 4.60. The third-order valence-corrected chi connectivity index (χ3v) is 5.15. The Morgan fingerprint density at radius 2 is 1.80 bits per heavy atom. The Morgan fingerprint density at radius 3 is 2.36 bits per heavy atom. The van der Waals surface area contributed by atoms with Crippen molar-refractivity contribution in [3.8, 4) is 0 Å². The van der Waals surface area contributed by atoms with E-state index in [-0.39, 0.29) is 28.2 Å². The van der Waals surface area contributed by atoms with Crippen LogP contribution in [-0.2, 0) is 17.3 Å². The summed E-state index contributed by atoms with van der Waals surface area (Å²) in [5, 5.41) is 2.83. The monoisotopic (exact) mass is 368 g/mol. The number of nitrogens with one attached hydrogen (secondary N) is 2. The van der Waals surface area contributed by atoms with Gasteiger partial charge in [0, 0.05) is 32.9 Å². The number of aryl methyl sites for hydroxylation is 2. The first-order chi connectivity index (χ1) is 11.5. The Bertz CT molecular complexity index is 968. The molecule has 0 aliphatic heterocycles. The van der Waals surface area contributed by atoms with E-state index < -0.39 is 16.0 Å². The molecule has 1 aromatic heterocycles. The molecule has 1 heterocycles. The second kappa shape index (κ2) is 6.85. The minimum atomic E-state index is -3.80. The van der Waals surface area contributed by atoms with Crippen molar-refractivity contribution in [1.82, 2.24) is 8.87 Å². The van der Waals surface area contributed by atoms with Crippen LogP contribution < -0.4 is 15.6 Å². The van der Waals surface area contributed by atoms with Crippen LogP contribution in [-0.4, -0.2) is 31.4 Å². The highest BCUT2D eigenvalue weighted by Gasteiger charge is 2.19. The fourth-order valence-electron chi connectivity index (χ4n) is 2.22. The van der Waals surface area contributed by atoms with Gasteiger partial charge in [0.25, 0.3) is 5.56 Å². The number of pyridine rings is 1. The summed E-state index contributed by atoms with van der Waals surface area (Å²) < 4.78 is 43.1. The molecule has 7 nitrogen and oxygen atoms in total.